The maximum Gasteiger partial charge on any atom is 0.490 e. The molecular formula is C10H12BF3N2O3. The first kappa shape index (κ1) is 14.1. The van der Waals surface area contributed by atoms with Crippen molar-refractivity contribution in [2.45, 2.75) is 6.18 Å². The molecule has 0 amide bonds. The molecule has 1 fully saturated rings. The number of hydrogen-bond donors (Lipinski definition) is 2. The number of nitrogens with zero attached hydrogens (tertiary/aromatic N) is 2. The monoisotopic (exact) mass is 276 g/mol. The van der Waals surface area contributed by atoms with Gasteiger partial charge in [0, 0.05) is 24.7 Å². The third-order valence-corrected chi connectivity index (χ3v) is 2.80. The summed E-state index contributed by atoms with van der Waals surface area (Å²) in [5, 5.41) is 17.9. The lowest BCUT2D eigenvalue weighted by Crippen LogP contribution is -2.39. The molecule has 1 saturated heterocycles. The standard InChI is InChI=1S/C10H12BF3N2O3/c12-10(13,14)8-5-7(11(17)18)6-15-9(8)16-1-3-19-4-2-16/h5-6,17-18H,1-4H2. The first-order valence-electron chi connectivity index (χ1n) is 5.65. The second-order valence-electron chi connectivity index (χ2n) is 4.11. The molecule has 1 aliphatic heterocycles. The van der Waals surface area contributed by atoms with Gasteiger partial charge in [-0.2, -0.15) is 13.2 Å². The smallest absolute Gasteiger partial charge is 0.423 e. The molecule has 0 bridgehead atoms. The van der Waals surface area contributed by atoms with Gasteiger partial charge in [-0.15, -0.1) is 0 Å². The predicted octanol–water partition coefficient (Wildman–Crippen LogP) is -0.383. The van der Waals surface area contributed by atoms with E-state index < -0.39 is 18.9 Å². The maximum absolute atomic E-state index is 13.0. The molecule has 5 nitrogen and oxygen atoms in total. The third-order valence-electron chi connectivity index (χ3n) is 2.80. The summed E-state index contributed by atoms with van der Waals surface area (Å²) in [4.78, 5) is 5.19. The Kier molecular flexibility index (Phi) is 3.97. The zero-order chi connectivity index (χ0) is 14.0. The van der Waals surface area contributed by atoms with Crippen molar-refractivity contribution >= 4 is 18.4 Å². The number of morpholine rings is 1. The molecule has 19 heavy (non-hydrogen) atoms. The van der Waals surface area contributed by atoms with Crippen LogP contribution in [0.4, 0.5) is 19.0 Å². The normalized spacial score (nSPS) is 16.6. The minimum absolute atomic E-state index is 0.208. The van der Waals surface area contributed by atoms with Crippen molar-refractivity contribution in [2.75, 3.05) is 31.2 Å². The molecule has 9 heteroatoms. The van der Waals surface area contributed by atoms with Gasteiger partial charge < -0.3 is 19.7 Å². The van der Waals surface area contributed by atoms with Crippen molar-refractivity contribution in [1.82, 2.24) is 4.98 Å². The van der Waals surface area contributed by atoms with Crippen molar-refractivity contribution in [3.8, 4) is 0 Å². The van der Waals surface area contributed by atoms with Gasteiger partial charge in [0.1, 0.15) is 5.82 Å². The Labute approximate surface area is 107 Å². The zero-order valence-electron chi connectivity index (χ0n) is 9.89. The van der Waals surface area contributed by atoms with Crippen LogP contribution in [0.2, 0.25) is 0 Å². The van der Waals surface area contributed by atoms with E-state index in [0.29, 0.717) is 32.4 Å². The summed E-state index contributed by atoms with van der Waals surface area (Å²) in [7, 11) is -1.98. The molecule has 0 aromatic carbocycles. The van der Waals surface area contributed by atoms with Crippen molar-refractivity contribution < 1.29 is 28.0 Å². The fraction of sp³-hybridized carbons (Fsp3) is 0.500. The Balaban J connectivity index is 2.41. The second kappa shape index (κ2) is 5.36. The Bertz CT molecular complexity index is 450. The van der Waals surface area contributed by atoms with Crippen LogP contribution in [0, 0.1) is 0 Å². The van der Waals surface area contributed by atoms with Gasteiger partial charge in [0.25, 0.3) is 0 Å². The highest BCUT2D eigenvalue weighted by Crippen LogP contribution is 2.34. The van der Waals surface area contributed by atoms with Gasteiger partial charge in [-0.3, -0.25) is 0 Å². The Morgan fingerprint density at radius 1 is 1.26 bits per heavy atom. The topological polar surface area (TPSA) is 65.8 Å². The van der Waals surface area contributed by atoms with E-state index in [-0.39, 0.29) is 11.3 Å². The third kappa shape index (κ3) is 3.17. The Morgan fingerprint density at radius 3 is 2.42 bits per heavy atom. The van der Waals surface area contributed by atoms with Gasteiger partial charge in [-0.25, -0.2) is 4.98 Å². The molecule has 1 aromatic rings. The molecule has 2 rings (SSSR count). The summed E-state index contributed by atoms with van der Waals surface area (Å²) in [6.45, 7) is 1.31. The van der Waals surface area contributed by atoms with Crippen LogP contribution in [-0.2, 0) is 10.9 Å². The van der Waals surface area contributed by atoms with Crippen LogP contribution in [0.3, 0.4) is 0 Å². The highest BCUT2D eigenvalue weighted by Gasteiger charge is 2.37. The summed E-state index contributed by atoms with van der Waals surface area (Å²) < 4.78 is 44.0. The molecule has 0 radical (unpaired) electrons. The van der Waals surface area contributed by atoms with Gasteiger partial charge in [0.05, 0.1) is 18.8 Å². The van der Waals surface area contributed by atoms with Crippen LogP contribution in [0.25, 0.3) is 0 Å². The fourth-order valence-electron chi connectivity index (χ4n) is 1.85. The van der Waals surface area contributed by atoms with Crippen molar-refractivity contribution in [3.05, 3.63) is 17.8 Å². The average Bonchev–Trinajstić information content (AvgIpc) is 2.38. The molecule has 1 aromatic heterocycles. The lowest BCUT2D eigenvalue weighted by molar-refractivity contribution is -0.137. The minimum Gasteiger partial charge on any atom is -0.423 e. The number of anilines is 1. The summed E-state index contributed by atoms with van der Waals surface area (Å²) in [5.74, 6) is -0.208. The van der Waals surface area contributed by atoms with E-state index in [1.54, 1.807) is 0 Å². The number of ether oxygens (including phenoxy) is 1. The van der Waals surface area contributed by atoms with Crippen molar-refractivity contribution in [3.63, 3.8) is 0 Å². The van der Waals surface area contributed by atoms with E-state index in [0.717, 1.165) is 6.20 Å². The van der Waals surface area contributed by atoms with Gasteiger partial charge in [-0.1, -0.05) is 0 Å². The fourth-order valence-corrected chi connectivity index (χ4v) is 1.85. The number of hydrogen-bond acceptors (Lipinski definition) is 5. The minimum atomic E-state index is -4.61. The summed E-state index contributed by atoms with van der Waals surface area (Å²) in [5.41, 5.74) is -1.26. The van der Waals surface area contributed by atoms with Gasteiger partial charge in [0.2, 0.25) is 0 Å². The Morgan fingerprint density at radius 2 is 1.89 bits per heavy atom. The van der Waals surface area contributed by atoms with Gasteiger partial charge in [0.15, 0.2) is 0 Å². The molecule has 1 aliphatic rings. The molecular weight excluding hydrogens is 264 g/mol. The molecule has 0 saturated carbocycles. The molecule has 0 atom stereocenters. The van der Waals surface area contributed by atoms with E-state index in [9.17, 15) is 13.2 Å². The Hall–Kier alpha value is -1.32. The SMILES string of the molecule is OB(O)c1cnc(N2CCOCC2)c(C(F)(F)F)c1. The second-order valence-corrected chi connectivity index (χ2v) is 4.11. The van der Waals surface area contributed by atoms with Crippen LogP contribution in [0.15, 0.2) is 12.3 Å². The van der Waals surface area contributed by atoms with E-state index >= 15 is 0 Å². The van der Waals surface area contributed by atoms with E-state index in [1.165, 1.54) is 4.90 Å². The highest BCUT2D eigenvalue weighted by atomic mass is 19.4. The van der Waals surface area contributed by atoms with E-state index in [4.69, 9.17) is 14.8 Å². The predicted molar refractivity (Wildman–Crippen MR) is 62.1 cm³/mol. The zero-order valence-corrected chi connectivity index (χ0v) is 9.89. The summed E-state index contributed by atoms with van der Waals surface area (Å²) in [6.07, 6.45) is -3.57. The average molecular weight is 276 g/mol. The summed E-state index contributed by atoms with van der Waals surface area (Å²) >= 11 is 0. The van der Waals surface area contributed by atoms with Crippen molar-refractivity contribution in [1.29, 1.82) is 0 Å². The number of aromatic nitrogens is 1. The van der Waals surface area contributed by atoms with Crippen LogP contribution >= 0.6 is 0 Å². The van der Waals surface area contributed by atoms with Crippen LogP contribution in [0.1, 0.15) is 5.56 Å². The first-order chi connectivity index (χ1) is 8.89. The van der Waals surface area contributed by atoms with Gasteiger partial charge >= 0.3 is 13.3 Å². The lowest BCUT2D eigenvalue weighted by Gasteiger charge is -2.30. The number of halogens is 3. The van der Waals surface area contributed by atoms with Crippen LogP contribution in [0.5, 0.6) is 0 Å². The van der Waals surface area contributed by atoms with Crippen LogP contribution < -0.4 is 10.4 Å². The molecule has 2 N–H and O–H groups in total. The highest BCUT2D eigenvalue weighted by molar-refractivity contribution is 6.58. The van der Waals surface area contributed by atoms with Crippen LogP contribution in [-0.4, -0.2) is 48.5 Å². The first-order valence-corrected chi connectivity index (χ1v) is 5.65. The lowest BCUT2D eigenvalue weighted by atomic mass is 9.81. The summed E-state index contributed by atoms with van der Waals surface area (Å²) in [6, 6.07) is 0.711. The van der Waals surface area contributed by atoms with Gasteiger partial charge in [-0.05, 0) is 6.07 Å². The quantitative estimate of drug-likeness (QED) is 0.721. The molecule has 0 spiro atoms. The maximum atomic E-state index is 13.0. The largest absolute Gasteiger partial charge is 0.490 e. The van der Waals surface area contributed by atoms with Crippen molar-refractivity contribution in [2.24, 2.45) is 0 Å². The number of pyridine rings is 1. The van der Waals surface area contributed by atoms with E-state index in [1.807, 2.05) is 0 Å². The molecule has 104 valence electrons. The molecule has 0 aliphatic carbocycles. The molecule has 2 heterocycles. The molecule has 0 unspecified atom stereocenters. The van der Waals surface area contributed by atoms with E-state index in [2.05, 4.69) is 4.98 Å². The number of rotatable bonds is 2. The number of alkyl halides is 3.